The van der Waals surface area contributed by atoms with E-state index in [9.17, 15) is 18.0 Å². The zero-order valence-electron chi connectivity index (χ0n) is 9.09. The van der Waals surface area contributed by atoms with Gasteiger partial charge in [-0.15, -0.1) is 0 Å². The van der Waals surface area contributed by atoms with Crippen molar-refractivity contribution in [2.75, 3.05) is 13.2 Å². The molecule has 0 aromatic heterocycles. The molecule has 1 amide bonds. The van der Waals surface area contributed by atoms with Crippen LogP contribution in [0, 0.1) is 0 Å². The smallest absolute Gasteiger partial charge is 0.406 e. The van der Waals surface area contributed by atoms with E-state index in [4.69, 9.17) is 4.74 Å². The van der Waals surface area contributed by atoms with Gasteiger partial charge in [-0.1, -0.05) is 6.08 Å². The minimum Gasteiger partial charge on any atom is -0.495 e. The molecule has 0 saturated carbocycles. The Morgan fingerprint density at radius 1 is 1.35 bits per heavy atom. The number of rotatable bonds is 1. The minimum absolute atomic E-state index is 0.0169. The number of ether oxygens (including phenoxy) is 1. The molecule has 2 rings (SSSR count). The molecule has 6 heteroatoms. The second-order valence-electron chi connectivity index (χ2n) is 3.94. The largest absolute Gasteiger partial charge is 0.495 e. The predicted octanol–water partition coefficient (Wildman–Crippen LogP) is 2.36. The predicted molar refractivity (Wildman–Crippen MR) is 53.7 cm³/mol. The van der Waals surface area contributed by atoms with Crippen molar-refractivity contribution < 1.29 is 22.7 Å². The Morgan fingerprint density at radius 3 is 2.82 bits per heavy atom. The first kappa shape index (κ1) is 12.0. The average molecular weight is 247 g/mol. The van der Waals surface area contributed by atoms with Gasteiger partial charge in [0.1, 0.15) is 12.3 Å². The fourth-order valence-electron chi connectivity index (χ4n) is 1.90. The lowest BCUT2D eigenvalue weighted by atomic mass is 10.1. The van der Waals surface area contributed by atoms with Gasteiger partial charge in [-0.3, -0.25) is 4.79 Å². The molecular formula is C11H12F3NO2. The van der Waals surface area contributed by atoms with E-state index in [0.717, 1.165) is 11.3 Å². The summed E-state index contributed by atoms with van der Waals surface area (Å²) in [5.41, 5.74) is 0.260. The van der Waals surface area contributed by atoms with Crippen molar-refractivity contribution in [3.63, 3.8) is 0 Å². The van der Waals surface area contributed by atoms with Crippen molar-refractivity contribution >= 4 is 5.91 Å². The average Bonchev–Trinajstić information content (AvgIpc) is 2.38. The fraction of sp³-hybridized carbons (Fsp3) is 0.545. The zero-order valence-corrected chi connectivity index (χ0v) is 9.09. The normalized spacial score (nSPS) is 21.1. The van der Waals surface area contributed by atoms with Gasteiger partial charge >= 0.3 is 6.18 Å². The highest BCUT2D eigenvalue weighted by Gasteiger charge is 2.36. The fourth-order valence-corrected chi connectivity index (χ4v) is 1.90. The van der Waals surface area contributed by atoms with Crippen LogP contribution in [0.4, 0.5) is 13.2 Å². The Labute approximate surface area is 96.5 Å². The molecule has 0 saturated heterocycles. The van der Waals surface area contributed by atoms with Crippen molar-refractivity contribution in [2.24, 2.45) is 0 Å². The number of halogens is 3. The number of carbonyl (C=O) groups excluding carboxylic acids is 1. The SMILES string of the molecule is O=C1CCOC2=C(C=CCC2)N1CC(F)(F)F. The number of amides is 1. The molecule has 0 spiro atoms. The number of hydrogen-bond acceptors (Lipinski definition) is 2. The Kier molecular flexibility index (Phi) is 3.13. The van der Waals surface area contributed by atoms with Crippen LogP contribution >= 0.6 is 0 Å². The molecule has 94 valence electrons. The first-order chi connectivity index (χ1) is 7.97. The first-order valence-electron chi connectivity index (χ1n) is 5.37. The zero-order chi connectivity index (χ0) is 12.5. The Hall–Kier alpha value is -1.46. The summed E-state index contributed by atoms with van der Waals surface area (Å²) < 4.78 is 42.6. The van der Waals surface area contributed by atoms with Crippen molar-refractivity contribution in [1.29, 1.82) is 0 Å². The highest BCUT2D eigenvalue weighted by molar-refractivity contribution is 5.79. The molecule has 0 aromatic rings. The van der Waals surface area contributed by atoms with E-state index < -0.39 is 18.6 Å². The molecule has 0 N–H and O–H groups in total. The van der Waals surface area contributed by atoms with Crippen LogP contribution in [0.3, 0.4) is 0 Å². The molecule has 2 aliphatic rings. The topological polar surface area (TPSA) is 29.5 Å². The molecule has 3 nitrogen and oxygen atoms in total. The molecule has 17 heavy (non-hydrogen) atoms. The molecule has 0 aromatic carbocycles. The standard InChI is InChI=1S/C11H12F3NO2/c12-11(13,14)7-15-8-3-1-2-4-9(8)17-6-5-10(15)16/h1,3H,2,4-7H2. The van der Waals surface area contributed by atoms with Crippen LogP contribution in [-0.4, -0.2) is 30.1 Å². The van der Waals surface area contributed by atoms with Crippen molar-refractivity contribution in [1.82, 2.24) is 4.90 Å². The summed E-state index contributed by atoms with van der Waals surface area (Å²) in [6.07, 6.45) is 0.151. The van der Waals surface area contributed by atoms with Gasteiger partial charge in [0.15, 0.2) is 0 Å². The summed E-state index contributed by atoms with van der Waals surface area (Å²) in [6.45, 7) is -1.10. The van der Waals surface area contributed by atoms with Gasteiger partial charge in [-0.05, 0) is 12.5 Å². The van der Waals surface area contributed by atoms with E-state index in [1.807, 2.05) is 0 Å². The highest BCUT2D eigenvalue weighted by atomic mass is 19.4. The number of carbonyl (C=O) groups is 1. The summed E-state index contributed by atoms with van der Waals surface area (Å²) in [7, 11) is 0. The van der Waals surface area contributed by atoms with Gasteiger partial charge in [-0.2, -0.15) is 13.2 Å². The first-order valence-corrected chi connectivity index (χ1v) is 5.37. The lowest BCUT2D eigenvalue weighted by molar-refractivity contribution is -0.156. The van der Waals surface area contributed by atoms with Crippen LogP contribution in [0.15, 0.2) is 23.6 Å². The molecule has 1 aliphatic heterocycles. The van der Waals surface area contributed by atoms with Crippen LogP contribution in [0.25, 0.3) is 0 Å². The molecule has 0 unspecified atom stereocenters. The third kappa shape index (κ3) is 2.81. The van der Waals surface area contributed by atoms with Gasteiger partial charge in [0.05, 0.1) is 18.7 Å². The van der Waals surface area contributed by atoms with Crippen LogP contribution in [0.1, 0.15) is 19.3 Å². The van der Waals surface area contributed by atoms with Crippen molar-refractivity contribution in [3.05, 3.63) is 23.6 Å². The maximum Gasteiger partial charge on any atom is 0.406 e. The van der Waals surface area contributed by atoms with Crippen molar-refractivity contribution in [3.8, 4) is 0 Å². The van der Waals surface area contributed by atoms with Gasteiger partial charge in [0.25, 0.3) is 0 Å². The van der Waals surface area contributed by atoms with Crippen LogP contribution in [-0.2, 0) is 9.53 Å². The Balaban J connectivity index is 2.30. The minimum atomic E-state index is -4.40. The number of nitrogens with zero attached hydrogens (tertiary/aromatic N) is 1. The van der Waals surface area contributed by atoms with E-state index in [0.29, 0.717) is 12.2 Å². The molecule has 0 fully saturated rings. The summed E-state index contributed by atoms with van der Waals surface area (Å²) >= 11 is 0. The number of allylic oxidation sites excluding steroid dienone is 3. The summed E-state index contributed by atoms with van der Waals surface area (Å²) in [4.78, 5) is 12.4. The Bertz CT molecular complexity index is 385. The molecule has 0 atom stereocenters. The van der Waals surface area contributed by atoms with E-state index in [1.54, 1.807) is 6.08 Å². The quantitative estimate of drug-likeness (QED) is 0.711. The van der Waals surface area contributed by atoms with Gasteiger partial charge in [0.2, 0.25) is 5.91 Å². The molecule has 0 bridgehead atoms. The molecular weight excluding hydrogens is 235 g/mol. The summed E-state index contributed by atoms with van der Waals surface area (Å²) in [5, 5.41) is 0. The molecule has 1 heterocycles. The molecule has 1 aliphatic carbocycles. The monoisotopic (exact) mass is 247 g/mol. The van der Waals surface area contributed by atoms with E-state index >= 15 is 0 Å². The summed E-state index contributed by atoms with van der Waals surface area (Å²) in [6, 6.07) is 0. The summed E-state index contributed by atoms with van der Waals surface area (Å²) in [5.74, 6) is -0.0542. The lowest BCUT2D eigenvalue weighted by Crippen LogP contribution is -2.38. The number of hydrogen-bond donors (Lipinski definition) is 0. The second-order valence-corrected chi connectivity index (χ2v) is 3.94. The number of alkyl halides is 3. The highest BCUT2D eigenvalue weighted by Crippen LogP contribution is 2.29. The van der Waals surface area contributed by atoms with Gasteiger partial charge in [-0.25, -0.2) is 0 Å². The van der Waals surface area contributed by atoms with Crippen molar-refractivity contribution in [2.45, 2.75) is 25.4 Å². The molecule has 0 radical (unpaired) electrons. The van der Waals surface area contributed by atoms with Crippen LogP contribution < -0.4 is 0 Å². The lowest BCUT2D eigenvalue weighted by Gasteiger charge is -2.25. The third-order valence-electron chi connectivity index (χ3n) is 2.62. The van der Waals surface area contributed by atoms with Crippen LogP contribution in [0.5, 0.6) is 0 Å². The van der Waals surface area contributed by atoms with E-state index in [-0.39, 0.29) is 18.7 Å². The maximum atomic E-state index is 12.4. The van der Waals surface area contributed by atoms with E-state index in [2.05, 4.69) is 0 Å². The van der Waals surface area contributed by atoms with Gasteiger partial charge < -0.3 is 9.64 Å². The third-order valence-corrected chi connectivity index (χ3v) is 2.62. The van der Waals surface area contributed by atoms with Crippen LogP contribution in [0.2, 0.25) is 0 Å². The van der Waals surface area contributed by atoms with Gasteiger partial charge in [0, 0.05) is 6.42 Å². The second kappa shape index (κ2) is 4.43. The Morgan fingerprint density at radius 2 is 2.12 bits per heavy atom. The maximum absolute atomic E-state index is 12.4. The van der Waals surface area contributed by atoms with E-state index in [1.165, 1.54) is 6.08 Å².